The minimum atomic E-state index is -0.425. The van der Waals surface area contributed by atoms with Gasteiger partial charge in [0.2, 0.25) is 5.17 Å². The number of fused-ring (bicyclic) bond motifs is 1. The molecule has 0 fully saturated rings. The van der Waals surface area contributed by atoms with E-state index >= 15 is 0 Å². The molecule has 2 aliphatic rings. The fraction of sp³-hybridized carbons (Fsp3) is 0.333. The number of aliphatic imine (C=N–C) groups is 1. The molecule has 0 spiro atoms. The molecule has 9 heteroatoms. The van der Waals surface area contributed by atoms with E-state index in [0.29, 0.717) is 37.3 Å². The van der Waals surface area contributed by atoms with E-state index in [0.717, 1.165) is 29.2 Å². The molecule has 0 saturated heterocycles. The Kier molecular flexibility index (Phi) is 8.56. The number of hydrazone groups is 1. The van der Waals surface area contributed by atoms with E-state index in [1.165, 1.54) is 27.9 Å². The van der Waals surface area contributed by atoms with E-state index in [9.17, 15) is 4.79 Å². The van der Waals surface area contributed by atoms with Gasteiger partial charge in [0.1, 0.15) is 29.8 Å². The molecule has 0 saturated carbocycles. The molecule has 0 aromatic heterocycles. The van der Waals surface area contributed by atoms with E-state index in [1.54, 1.807) is 6.08 Å². The second-order valence-corrected chi connectivity index (χ2v) is 9.43. The topological polar surface area (TPSA) is 96.6 Å². The van der Waals surface area contributed by atoms with Crippen LogP contribution in [0.4, 0.5) is 0 Å². The number of benzene rings is 2. The molecule has 2 aromatic carbocycles. The number of hydrogen-bond acceptors (Lipinski definition) is 7. The number of rotatable bonds is 11. The van der Waals surface area contributed by atoms with Gasteiger partial charge in [-0.2, -0.15) is 15.1 Å². The molecular formula is C27H30N4O4S. The van der Waals surface area contributed by atoms with Crippen molar-refractivity contribution in [3.8, 4) is 11.5 Å². The first-order chi connectivity index (χ1) is 17.4. The summed E-state index contributed by atoms with van der Waals surface area (Å²) in [6, 6.07) is 13.4. The summed E-state index contributed by atoms with van der Waals surface area (Å²) in [4.78, 5) is 16.6. The number of hydrogen-bond donors (Lipinski definition) is 1. The molecule has 188 valence electrons. The van der Waals surface area contributed by atoms with Crippen molar-refractivity contribution in [2.24, 2.45) is 10.1 Å². The quantitative estimate of drug-likeness (QED) is 0.333. The van der Waals surface area contributed by atoms with Crippen molar-refractivity contribution in [1.82, 2.24) is 5.01 Å². The zero-order chi connectivity index (χ0) is 25.5. The van der Waals surface area contributed by atoms with E-state index < -0.39 is 5.91 Å². The highest BCUT2D eigenvalue weighted by molar-refractivity contribution is 8.26. The van der Waals surface area contributed by atoms with Crippen molar-refractivity contribution in [3.63, 3.8) is 0 Å². The first kappa shape index (κ1) is 25.7. The predicted molar refractivity (Wildman–Crippen MR) is 144 cm³/mol. The Morgan fingerprint density at radius 1 is 0.972 bits per heavy atom. The third-order valence-electron chi connectivity index (χ3n) is 5.62. The van der Waals surface area contributed by atoms with Crippen LogP contribution in [0.25, 0.3) is 6.08 Å². The summed E-state index contributed by atoms with van der Waals surface area (Å²) >= 11 is 1.35. The van der Waals surface area contributed by atoms with Crippen molar-refractivity contribution >= 4 is 39.8 Å². The molecule has 0 radical (unpaired) electrons. The van der Waals surface area contributed by atoms with Crippen molar-refractivity contribution in [3.05, 3.63) is 64.7 Å². The summed E-state index contributed by atoms with van der Waals surface area (Å²) in [7, 11) is 0. The smallest absolute Gasteiger partial charge is 0.283 e. The number of amidine groups is 2. The highest BCUT2D eigenvalue weighted by Crippen LogP contribution is 2.30. The summed E-state index contributed by atoms with van der Waals surface area (Å²) in [5.41, 5.74) is 3.44. The normalized spacial score (nSPS) is 16.2. The van der Waals surface area contributed by atoms with Crippen LogP contribution >= 0.6 is 11.8 Å². The fourth-order valence-electron chi connectivity index (χ4n) is 3.52. The number of carbonyl (C=O) groups is 1. The van der Waals surface area contributed by atoms with Crippen LogP contribution in [-0.2, 0) is 9.53 Å². The van der Waals surface area contributed by atoms with Gasteiger partial charge in [-0.3, -0.25) is 10.2 Å². The third-order valence-corrected chi connectivity index (χ3v) is 6.59. The number of thioether (sulfide) groups is 1. The third kappa shape index (κ3) is 6.41. The molecule has 2 heterocycles. The Bertz CT molecular complexity index is 1220. The fourth-order valence-corrected chi connectivity index (χ4v) is 4.50. The largest absolute Gasteiger partial charge is 0.491 e. The lowest BCUT2D eigenvalue weighted by Crippen LogP contribution is -2.35. The van der Waals surface area contributed by atoms with Crippen LogP contribution in [0.2, 0.25) is 0 Å². The molecule has 4 rings (SSSR count). The number of amides is 1. The maximum Gasteiger partial charge on any atom is 0.283 e. The molecular weight excluding hydrogens is 476 g/mol. The maximum atomic E-state index is 12.5. The minimum Gasteiger partial charge on any atom is -0.491 e. The summed E-state index contributed by atoms with van der Waals surface area (Å²) in [5.74, 6) is 1.16. The van der Waals surface area contributed by atoms with Gasteiger partial charge in [-0.15, -0.1) is 0 Å². The lowest BCUT2D eigenvalue weighted by Gasteiger charge is -2.20. The average molecular weight is 507 g/mol. The predicted octanol–water partition coefficient (Wildman–Crippen LogP) is 5.20. The Labute approximate surface area is 215 Å². The zero-order valence-corrected chi connectivity index (χ0v) is 21.6. The minimum absolute atomic E-state index is 0.0440. The number of ether oxygens (including phenoxy) is 3. The standard InChI is InChI=1S/C27H30N4O4S/c1-4-5-24-30-31-25(28)23(26(32)29-27(31)36-24)17-20-7-10-21(11-8-20)34-14-12-33-13-15-35-22-9-6-18(2)19(3)16-22/h6-11,16-17,28H,4-5,12-15H2,1-3H3. The van der Waals surface area contributed by atoms with Gasteiger partial charge in [0.05, 0.1) is 18.8 Å². The van der Waals surface area contributed by atoms with Crippen LogP contribution < -0.4 is 9.47 Å². The van der Waals surface area contributed by atoms with Gasteiger partial charge in [-0.05, 0) is 85.5 Å². The van der Waals surface area contributed by atoms with E-state index in [2.05, 4.69) is 30.9 Å². The van der Waals surface area contributed by atoms with Gasteiger partial charge in [0, 0.05) is 0 Å². The molecule has 0 atom stereocenters. The molecule has 8 nitrogen and oxygen atoms in total. The second-order valence-electron chi connectivity index (χ2n) is 8.39. The molecule has 0 unspecified atom stereocenters. The summed E-state index contributed by atoms with van der Waals surface area (Å²) in [6.45, 7) is 8.02. The highest BCUT2D eigenvalue weighted by atomic mass is 32.2. The van der Waals surface area contributed by atoms with Gasteiger partial charge in [0.15, 0.2) is 5.84 Å². The molecule has 2 aromatic rings. The van der Waals surface area contributed by atoms with Crippen LogP contribution in [0.1, 0.15) is 36.5 Å². The van der Waals surface area contributed by atoms with Crippen LogP contribution in [-0.4, -0.2) is 53.4 Å². The molecule has 2 aliphatic heterocycles. The van der Waals surface area contributed by atoms with Gasteiger partial charge in [-0.1, -0.05) is 25.1 Å². The van der Waals surface area contributed by atoms with Crippen LogP contribution in [0.3, 0.4) is 0 Å². The lowest BCUT2D eigenvalue weighted by molar-refractivity contribution is -0.114. The highest BCUT2D eigenvalue weighted by Gasteiger charge is 2.35. The van der Waals surface area contributed by atoms with Gasteiger partial charge >= 0.3 is 0 Å². The second kappa shape index (κ2) is 12.0. The van der Waals surface area contributed by atoms with E-state index in [4.69, 9.17) is 19.6 Å². The first-order valence-corrected chi connectivity index (χ1v) is 12.8. The summed E-state index contributed by atoms with van der Waals surface area (Å²) in [5, 5.41) is 15.6. The van der Waals surface area contributed by atoms with Crippen LogP contribution in [0, 0.1) is 19.3 Å². The van der Waals surface area contributed by atoms with E-state index in [1.807, 2.05) is 42.5 Å². The zero-order valence-electron chi connectivity index (χ0n) is 20.7. The van der Waals surface area contributed by atoms with Crippen molar-refractivity contribution in [2.45, 2.75) is 33.6 Å². The van der Waals surface area contributed by atoms with Crippen molar-refractivity contribution in [1.29, 1.82) is 5.41 Å². The monoisotopic (exact) mass is 506 g/mol. The molecule has 0 aliphatic carbocycles. The van der Waals surface area contributed by atoms with Gasteiger partial charge in [0.25, 0.3) is 5.91 Å². The number of nitrogens with one attached hydrogen (secondary N) is 1. The summed E-state index contributed by atoms with van der Waals surface area (Å²) in [6.07, 6.45) is 3.40. The van der Waals surface area contributed by atoms with Gasteiger partial charge in [-0.25, -0.2) is 0 Å². The molecule has 1 amide bonds. The molecule has 1 N–H and O–H groups in total. The number of carbonyl (C=O) groups excluding carboxylic acids is 1. The number of nitrogens with zero attached hydrogens (tertiary/aromatic N) is 3. The van der Waals surface area contributed by atoms with Crippen LogP contribution in [0.5, 0.6) is 11.5 Å². The first-order valence-electron chi connectivity index (χ1n) is 11.9. The van der Waals surface area contributed by atoms with Gasteiger partial charge < -0.3 is 14.2 Å². The molecule has 36 heavy (non-hydrogen) atoms. The van der Waals surface area contributed by atoms with Crippen molar-refractivity contribution in [2.75, 3.05) is 26.4 Å². The SMILES string of the molecule is CCCC1=NN2C(=N)C(=Cc3ccc(OCCOCCOc4ccc(C)c(C)c4)cc3)C(=O)N=C2S1. The Morgan fingerprint density at radius 2 is 1.67 bits per heavy atom. The maximum absolute atomic E-state index is 12.5. The average Bonchev–Trinajstić information content (AvgIpc) is 3.27. The van der Waals surface area contributed by atoms with E-state index in [-0.39, 0.29) is 11.4 Å². The van der Waals surface area contributed by atoms with Crippen LogP contribution in [0.15, 0.2) is 58.1 Å². The lowest BCUT2D eigenvalue weighted by atomic mass is 10.1. The number of aryl methyl sites for hydroxylation is 2. The van der Waals surface area contributed by atoms with Crippen molar-refractivity contribution < 1.29 is 19.0 Å². The summed E-state index contributed by atoms with van der Waals surface area (Å²) < 4.78 is 17.0. The Balaban J connectivity index is 1.21. The molecule has 0 bridgehead atoms. The Morgan fingerprint density at radius 3 is 2.36 bits per heavy atom. The Hall–Kier alpha value is -3.43.